The average Bonchev–Trinajstić information content (AvgIpc) is 3.22. The van der Waals surface area contributed by atoms with Crippen LogP contribution in [0.15, 0.2) is 24.5 Å². The molecule has 4 rings (SSSR count). The van der Waals surface area contributed by atoms with Crippen LogP contribution in [-0.4, -0.2) is 32.0 Å². The number of nitrogens with one attached hydrogen (secondary N) is 1. The highest BCUT2D eigenvalue weighted by molar-refractivity contribution is 6.29. The molecule has 2 fully saturated rings. The number of anilines is 1. The van der Waals surface area contributed by atoms with Gasteiger partial charge in [0.15, 0.2) is 0 Å². The summed E-state index contributed by atoms with van der Waals surface area (Å²) in [6, 6.07) is 3.35. The lowest BCUT2D eigenvalue weighted by Gasteiger charge is -2.28. The lowest BCUT2D eigenvalue weighted by Crippen LogP contribution is -2.34. The van der Waals surface area contributed by atoms with Crippen molar-refractivity contribution >= 4 is 17.3 Å². The molecule has 0 aliphatic heterocycles. The number of aliphatic hydroxyl groups is 1. The van der Waals surface area contributed by atoms with Crippen molar-refractivity contribution in [3.05, 3.63) is 29.7 Å². The van der Waals surface area contributed by atoms with Crippen molar-refractivity contribution in [2.45, 2.75) is 38.0 Å². The Morgan fingerprint density at radius 1 is 1.33 bits per heavy atom. The highest BCUT2D eigenvalue weighted by Gasteiger charge is 2.45. The summed E-state index contributed by atoms with van der Waals surface area (Å²) in [4.78, 5) is 4.05. The molecule has 2 aliphatic rings. The van der Waals surface area contributed by atoms with Crippen molar-refractivity contribution in [2.24, 2.45) is 11.8 Å². The first kappa shape index (κ1) is 15.8. The van der Waals surface area contributed by atoms with Gasteiger partial charge < -0.3 is 10.4 Å². The van der Waals surface area contributed by atoms with Gasteiger partial charge in [0.2, 0.25) is 0 Å². The molecule has 5 nitrogen and oxygen atoms in total. The van der Waals surface area contributed by atoms with Gasteiger partial charge in [-0.3, -0.25) is 0 Å². The van der Waals surface area contributed by atoms with E-state index in [0.29, 0.717) is 32.7 Å². The van der Waals surface area contributed by atoms with E-state index in [1.54, 1.807) is 6.07 Å². The summed E-state index contributed by atoms with van der Waals surface area (Å²) in [7, 11) is 0. The molecule has 0 aromatic carbocycles. The maximum atomic E-state index is 12.8. The molecule has 0 spiro atoms. The second-order valence-corrected chi connectivity index (χ2v) is 6.95. The molecule has 2 aromatic rings. The number of hydrogen-bond acceptors (Lipinski definition) is 4. The zero-order chi connectivity index (χ0) is 16.8. The topological polar surface area (TPSA) is 63.0 Å². The quantitative estimate of drug-likeness (QED) is 0.824. The van der Waals surface area contributed by atoms with E-state index in [4.69, 9.17) is 11.6 Å². The van der Waals surface area contributed by atoms with E-state index in [0.717, 1.165) is 19.3 Å². The molecule has 8 heteroatoms. The lowest BCUT2D eigenvalue weighted by atomic mass is 9.92. The molecule has 2 aliphatic carbocycles. The SMILES string of the molecule is OC1CC2CC(Nc3cc(Cl)ncc3-c3ccn(C(F)F)n3)C1C2. The second-order valence-electron chi connectivity index (χ2n) is 6.57. The largest absolute Gasteiger partial charge is 0.393 e. The van der Waals surface area contributed by atoms with E-state index in [2.05, 4.69) is 15.4 Å². The molecule has 0 radical (unpaired) electrons. The minimum atomic E-state index is -2.68. The first-order chi connectivity index (χ1) is 11.5. The highest BCUT2D eigenvalue weighted by atomic mass is 35.5. The number of nitrogens with zero attached hydrogens (tertiary/aromatic N) is 3. The standard InChI is InChI=1S/C16H17ClF2N4O/c17-15-6-13(21-12-4-8-3-9(12)14(24)5-8)10(7-20-15)11-1-2-23(22-11)16(18)19/h1-2,6-9,12,14,16,24H,3-5H2,(H,20,21). The van der Waals surface area contributed by atoms with Crippen LogP contribution in [0.4, 0.5) is 14.5 Å². The Morgan fingerprint density at radius 3 is 2.83 bits per heavy atom. The van der Waals surface area contributed by atoms with Crippen LogP contribution in [-0.2, 0) is 0 Å². The summed E-state index contributed by atoms with van der Waals surface area (Å²) in [6.07, 6.45) is 5.37. The summed E-state index contributed by atoms with van der Waals surface area (Å²) in [5, 5.41) is 17.7. The van der Waals surface area contributed by atoms with Gasteiger partial charge in [-0.1, -0.05) is 11.6 Å². The first-order valence-corrected chi connectivity index (χ1v) is 8.33. The second kappa shape index (κ2) is 5.97. The van der Waals surface area contributed by atoms with E-state index in [-0.39, 0.29) is 18.1 Å². The molecule has 2 aromatic heterocycles. The lowest BCUT2D eigenvalue weighted by molar-refractivity contribution is 0.0568. The summed E-state index contributed by atoms with van der Waals surface area (Å²) in [6.45, 7) is -2.68. The Hall–Kier alpha value is -1.73. The van der Waals surface area contributed by atoms with Crippen LogP contribution in [0.1, 0.15) is 25.8 Å². The van der Waals surface area contributed by atoms with Crippen molar-refractivity contribution in [3.8, 4) is 11.3 Å². The van der Waals surface area contributed by atoms with E-state index in [1.165, 1.54) is 18.5 Å². The predicted molar refractivity (Wildman–Crippen MR) is 86.0 cm³/mol. The van der Waals surface area contributed by atoms with Gasteiger partial charge in [0, 0.05) is 35.6 Å². The van der Waals surface area contributed by atoms with E-state index >= 15 is 0 Å². The van der Waals surface area contributed by atoms with Gasteiger partial charge in [0.1, 0.15) is 5.15 Å². The number of fused-ring (bicyclic) bond motifs is 2. The molecule has 2 N–H and O–H groups in total. The van der Waals surface area contributed by atoms with Crippen molar-refractivity contribution in [1.29, 1.82) is 0 Å². The van der Waals surface area contributed by atoms with Crippen LogP contribution < -0.4 is 5.32 Å². The number of aromatic nitrogens is 3. The zero-order valence-electron chi connectivity index (χ0n) is 12.7. The molecule has 4 atom stereocenters. The molecule has 2 bridgehead atoms. The van der Waals surface area contributed by atoms with Gasteiger partial charge in [-0.2, -0.15) is 13.9 Å². The number of pyridine rings is 1. The van der Waals surface area contributed by atoms with Gasteiger partial charge in [-0.25, -0.2) is 9.67 Å². The fraction of sp³-hybridized carbons (Fsp3) is 0.500. The Morgan fingerprint density at radius 2 is 2.17 bits per heavy atom. The minimum absolute atomic E-state index is 0.146. The van der Waals surface area contributed by atoms with Crippen LogP contribution in [0.2, 0.25) is 5.15 Å². The van der Waals surface area contributed by atoms with Crippen molar-refractivity contribution in [1.82, 2.24) is 14.8 Å². The van der Waals surface area contributed by atoms with Gasteiger partial charge >= 0.3 is 6.55 Å². The number of rotatable bonds is 4. The summed E-state index contributed by atoms with van der Waals surface area (Å²) in [5.74, 6) is 0.759. The number of hydrogen-bond donors (Lipinski definition) is 2. The Bertz CT molecular complexity index is 753. The predicted octanol–water partition coefficient (Wildman–Crippen LogP) is 3.56. The Labute approximate surface area is 142 Å². The third kappa shape index (κ3) is 2.75. The molecule has 0 saturated heterocycles. The average molecular weight is 355 g/mol. The van der Waals surface area contributed by atoms with Crippen LogP contribution >= 0.6 is 11.6 Å². The van der Waals surface area contributed by atoms with Gasteiger partial charge in [-0.05, 0) is 37.3 Å². The molecular weight excluding hydrogens is 338 g/mol. The van der Waals surface area contributed by atoms with Crippen LogP contribution in [0.5, 0.6) is 0 Å². The van der Waals surface area contributed by atoms with Crippen LogP contribution in [0.25, 0.3) is 11.3 Å². The maximum absolute atomic E-state index is 12.8. The van der Waals surface area contributed by atoms with Crippen molar-refractivity contribution in [2.75, 3.05) is 5.32 Å². The molecule has 2 heterocycles. The van der Waals surface area contributed by atoms with Crippen molar-refractivity contribution < 1.29 is 13.9 Å². The summed E-state index contributed by atoms with van der Waals surface area (Å²) in [5.41, 5.74) is 1.74. The van der Waals surface area contributed by atoms with Crippen molar-refractivity contribution in [3.63, 3.8) is 0 Å². The third-order valence-corrected chi connectivity index (χ3v) is 5.28. The van der Waals surface area contributed by atoms with Crippen LogP contribution in [0.3, 0.4) is 0 Å². The Kier molecular flexibility index (Phi) is 3.92. The molecule has 2 saturated carbocycles. The van der Waals surface area contributed by atoms with Gasteiger partial charge in [-0.15, -0.1) is 0 Å². The fourth-order valence-electron chi connectivity index (χ4n) is 4.02. The number of alkyl halides is 2. The van der Waals surface area contributed by atoms with Gasteiger partial charge in [0.05, 0.1) is 11.8 Å². The normalized spacial score (nSPS) is 28.7. The highest BCUT2D eigenvalue weighted by Crippen LogP contribution is 2.46. The van der Waals surface area contributed by atoms with E-state index in [9.17, 15) is 13.9 Å². The monoisotopic (exact) mass is 354 g/mol. The number of halogens is 3. The zero-order valence-corrected chi connectivity index (χ0v) is 13.5. The minimum Gasteiger partial charge on any atom is -0.393 e. The Balaban J connectivity index is 1.63. The fourth-order valence-corrected chi connectivity index (χ4v) is 4.18. The number of aliphatic hydroxyl groups excluding tert-OH is 1. The maximum Gasteiger partial charge on any atom is 0.333 e. The summed E-state index contributed by atoms with van der Waals surface area (Å²) < 4.78 is 26.1. The first-order valence-electron chi connectivity index (χ1n) is 7.95. The molecule has 0 amide bonds. The van der Waals surface area contributed by atoms with E-state index < -0.39 is 6.55 Å². The smallest absolute Gasteiger partial charge is 0.333 e. The molecule has 128 valence electrons. The van der Waals surface area contributed by atoms with Crippen LogP contribution in [0, 0.1) is 11.8 Å². The van der Waals surface area contributed by atoms with Gasteiger partial charge in [0.25, 0.3) is 0 Å². The third-order valence-electron chi connectivity index (χ3n) is 5.07. The molecule has 4 unspecified atom stereocenters. The van der Waals surface area contributed by atoms with E-state index in [1.807, 2.05) is 0 Å². The molecular formula is C16H17ClF2N4O. The summed E-state index contributed by atoms with van der Waals surface area (Å²) >= 11 is 6.01. The molecule has 24 heavy (non-hydrogen) atoms.